The third-order valence-electron chi connectivity index (χ3n) is 1.98. The molecule has 1 heterocycles. The van der Waals surface area contributed by atoms with Crippen LogP contribution in [0.2, 0.25) is 0 Å². The summed E-state index contributed by atoms with van der Waals surface area (Å²) in [5, 5.41) is 11.9. The van der Waals surface area contributed by atoms with Crippen molar-refractivity contribution in [3.05, 3.63) is 21.2 Å². The van der Waals surface area contributed by atoms with Gasteiger partial charge in [-0.15, -0.1) is 0 Å². The third-order valence-corrected chi connectivity index (χ3v) is 2.72. The predicted octanol–water partition coefficient (Wildman–Crippen LogP) is 0.342. The van der Waals surface area contributed by atoms with Crippen LogP contribution in [0.1, 0.15) is 6.42 Å². The second-order valence-electron chi connectivity index (χ2n) is 3.20. The minimum Gasteiger partial charge on any atom is -0.396 e. The molecular formula is C9H14BrN3O3. The molecule has 0 bridgehead atoms. The number of aromatic amines is 1. The molecular weight excluding hydrogens is 278 g/mol. The van der Waals surface area contributed by atoms with E-state index in [1.54, 1.807) is 7.11 Å². The van der Waals surface area contributed by atoms with Gasteiger partial charge in [-0.1, -0.05) is 0 Å². The van der Waals surface area contributed by atoms with Crippen LogP contribution in [0.25, 0.3) is 0 Å². The molecule has 0 amide bonds. The van der Waals surface area contributed by atoms with Crippen molar-refractivity contribution in [2.75, 3.05) is 25.6 Å². The minimum atomic E-state index is -0.252. The monoisotopic (exact) mass is 291 g/mol. The normalized spacial score (nSPS) is 12.4. The lowest BCUT2D eigenvalue weighted by Crippen LogP contribution is -2.28. The van der Waals surface area contributed by atoms with Crippen LogP contribution in [0, 0.1) is 0 Å². The Morgan fingerprint density at radius 1 is 1.75 bits per heavy atom. The number of H-pyrrole nitrogens is 1. The number of aromatic nitrogens is 2. The van der Waals surface area contributed by atoms with E-state index in [-0.39, 0.29) is 18.2 Å². The van der Waals surface area contributed by atoms with Crippen molar-refractivity contribution in [2.24, 2.45) is 0 Å². The molecule has 0 aliphatic carbocycles. The number of nitrogens with one attached hydrogen (secondary N) is 2. The van der Waals surface area contributed by atoms with Gasteiger partial charge in [0.15, 0.2) is 0 Å². The summed E-state index contributed by atoms with van der Waals surface area (Å²) in [6.45, 7) is 0.476. The number of ether oxygens (including phenoxy) is 1. The van der Waals surface area contributed by atoms with Crippen LogP contribution in [0.3, 0.4) is 0 Å². The van der Waals surface area contributed by atoms with Gasteiger partial charge < -0.3 is 20.1 Å². The first-order chi connectivity index (χ1) is 7.69. The zero-order valence-corrected chi connectivity index (χ0v) is 10.5. The Kier molecular flexibility index (Phi) is 5.44. The Hall–Kier alpha value is -0.920. The van der Waals surface area contributed by atoms with Crippen LogP contribution in [0.4, 0.5) is 5.82 Å². The Morgan fingerprint density at radius 3 is 3.12 bits per heavy atom. The third kappa shape index (κ3) is 3.58. The highest BCUT2D eigenvalue weighted by molar-refractivity contribution is 9.10. The molecule has 0 saturated carbocycles. The van der Waals surface area contributed by atoms with Gasteiger partial charge in [-0.05, 0) is 22.4 Å². The molecule has 7 heteroatoms. The largest absolute Gasteiger partial charge is 0.396 e. The summed E-state index contributed by atoms with van der Waals surface area (Å²) < 4.78 is 5.34. The zero-order valence-electron chi connectivity index (χ0n) is 8.86. The van der Waals surface area contributed by atoms with Crippen LogP contribution in [0.15, 0.2) is 15.6 Å². The van der Waals surface area contributed by atoms with Crippen molar-refractivity contribution in [2.45, 2.75) is 12.5 Å². The van der Waals surface area contributed by atoms with Crippen molar-refractivity contribution in [3.63, 3.8) is 0 Å². The summed E-state index contributed by atoms with van der Waals surface area (Å²) in [5.74, 6) is 0.444. The van der Waals surface area contributed by atoms with Crippen LogP contribution >= 0.6 is 15.9 Å². The molecule has 0 fully saturated rings. The maximum atomic E-state index is 11.3. The van der Waals surface area contributed by atoms with Crippen molar-refractivity contribution in [1.29, 1.82) is 0 Å². The van der Waals surface area contributed by atoms with E-state index in [0.29, 0.717) is 23.3 Å². The van der Waals surface area contributed by atoms with Gasteiger partial charge in [0.25, 0.3) is 5.56 Å². The number of nitrogens with zero attached hydrogens (tertiary/aromatic N) is 1. The second kappa shape index (κ2) is 6.62. The van der Waals surface area contributed by atoms with Gasteiger partial charge in [0.2, 0.25) is 0 Å². The first-order valence-corrected chi connectivity index (χ1v) is 5.57. The van der Waals surface area contributed by atoms with E-state index in [1.165, 1.54) is 6.33 Å². The number of aliphatic hydroxyl groups is 1. The fraction of sp³-hybridized carbons (Fsp3) is 0.556. The number of methoxy groups -OCH3 is 1. The molecule has 1 unspecified atom stereocenters. The Bertz CT molecular complexity index is 377. The molecule has 90 valence electrons. The highest BCUT2D eigenvalue weighted by atomic mass is 79.9. The van der Waals surface area contributed by atoms with Gasteiger partial charge in [-0.3, -0.25) is 4.79 Å². The van der Waals surface area contributed by atoms with Crippen LogP contribution in [-0.2, 0) is 4.74 Å². The molecule has 3 N–H and O–H groups in total. The maximum Gasteiger partial charge on any atom is 0.267 e. The van der Waals surface area contributed by atoms with Gasteiger partial charge in [0.05, 0.1) is 19.0 Å². The lowest BCUT2D eigenvalue weighted by molar-refractivity contribution is 0.170. The van der Waals surface area contributed by atoms with E-state index < -0.39 is 0 Å². The molecule has 0 radical (unpaired) electrons. The summed E-state index contributed by atoms with van der Waals surface area (Å²) in [5.41, 5.74) is -0.252. The van der Waals surface area contributed by atoms with Crippen molar-refractivity contribution >= 4 is 21.7 Å². The molecule has 1 rings (SSSR count). The molecule has 0 aromatic carbocycles. The summed E-state index contributed by atoms with van der Waals surface area (Å²) in [6.07, 6.45) is 1.84. The van der Waals surface area contributed by atoms with Crippen molar-refractivity contribution in [3.8, 4) is 0 Å². The summed E-state index contributed by atoms with van der Waals surface area (Å²) in [4.78, 5) is 17.7. The first kappa shape index (κ1) is 13.1. The smallest absolute Gasteiger partial charge is 0.267 e. The van der Waals surface area contributed by atoms with E-state index >= 15 is 0 Å². The molecule has 6 nitrogen and oxygen atoms in total. The molecule has 0 spiro atoms. The van der Waals surface area contributed by atoms with Crippen LogP contribution in [0.5, 0.6) is 0 Å². The first-order valence-electron chi connectivity index (χ1n) is 4.78. The van der Waals surface area contributed by atoms with E-state index in [2.05, 4.69) is 31.2 Å². The lowest BCUT2D eigenvalue weighted by atomic mass is 10.2. The van der Waals surface area contributed by atoms with Gasteiger partial charge in [-0.2, -0.15) is 0 Å². The van der Waals surface area contributed by atoms with E-state index in [1.807, 2.05) is 0 Å². The quantitative estimate of drug-likeness (QED) is 0.704. The molecule has 16 heavy (non-hydrogen) atoms. The molecule has 0 aliphatic heterocycles. The standard InChI is InChI=1S/C9H14BrN3O3/c1-16-4-6(2-3-14)13-8-7(10)9(15)12-5-11-8/h5-6,14H,2-4H2,1H3,(H2,11,12,13,15). The molecule has 0 saturated heterocycles. The molecule has 1 aromatic heterocycles. The van der Waals surface area contributed by atoms with E-state index in [4.69, 9.17) is 9.84 Å². The van der Waals surface area contributed by atoms with Gasteiger partial charge in [0, 0.05) is 13.7 Å². The lowest BCUT2D eigenvalue weighted by Gasteiger charge is -2.17. The fourth-order valence-electron chi connectivity index (χ4n) is 1.23. The molecule has 0 aliphatic rings. The average Bonchev–Trinajstić information content (AvgIpc) is 2.25. The number of hydrogen-bond donors (Lipinski definition) is 3. The Labute approximate surface area is 101 Å². The number of rotatable bonds is 6. The Balaban J connectivity index is 2.76. The topological polar surface area (TPSA) is 87.2 Å². The van der Waals surface area contributed by atoms with Crippen molar-refractivity contribution in [1.82, 2.24) is 9.97 Å². The number of anilines is 1. The number of halogens is 1. The second-order valence-corrected chi connectivity index (χ2v) is 4.00. The predicted molar refractivity (Wildman–Crippen MR) is 63.5 cm³/mol. The minimum absolute atomic E-state index is 0.0435. The zero-order chi connectivity index (χ0) is 12.0. The van der Waals surface area contributed by atoms with E-state index in [9.17, 15) is 4.79 Å². The summed E-state index contributed by atoms with van der Waals surface area (Å²) in [7, 11) is 1.58. The average molecular weight is 292 g/mol. The summed E-state index contributed by atoms with van der Waals surface area (Å²) in [6, 6.07) is -0.0828. The van der Waals surface area contributed by atoms with Gasteiger partial charge in [-0.25, -0.2) is 4.98 Å². The number of hydrogen-bond acceptors (Lipinski definition) is 5. The summed E-state index contributed by atoms with van der Waals surface area (Å²) >= 11 is 3.14. The SMILES string of the molecule is COCC(CCO)Nc1nc[nH]c(=O)c1Br. The van der Waals surface area contributed by atoms with Gasteiger partial charge in [0.1, 0.15) is 10.3 Å². The fourth-order valence-corrected chi connectivity index (χ4v) is 1.56. The maximum absolute atomic E-state index is 11.3. The van der Waals surface area contributed by atoms with Crippen molar-refractivity contribution < 1.29 is 9.84 Å². The molecule has 1 atom stereocenters. The van der Waals surface area contributed by atoms with Crippen LogP contribution in [-0.4, -0.2) is 41.4 Å². The Morgan fingerprint density at radius 2 is 2.50 bits per heavy atom. The number of aliphatic hydroxyl groups excluding tert-OH is 1. The highest BCUT2D eigenvalue weighted by Crippen LogP contribution is 2.15. The van der Waals surface area contributed by atoms with E-state index in [0.717, 1.165) is 0 Å². The van der Waals surface area contributed by atoms with Gasteiger partial charge >= 0.3 is 0 Å². The highest BCUT2D eigenvalue weighted by Gasteiger charge is 2.12. The molecule has 1 aromatic rings. The van der Waals surface area contributed by atoms with Crippen LogP contribution < -0.4 is 10.9 Å².